The highest BCUT2D eigenvalue weighted by molar-refractivity contribution is 7.99. The Morgan fingerprint density at radius 1 is 1.28 bits per heavy atom. The Hall–Kier alpha value is -1.04. The average Bonchev–Trinajstić information content (AvgIpc) is 2.74. The number of carbonyl (C=O) groups is 1. The van der Waals surface area contributed by atoms with Crippen molar-refractivity contribution in [2.75, 3.05) is 5.75 Å². The maximum absolute atomic E-state index is 10.5. The van der Waals surface area contributed by atoms with Gasteiger partial charge in [0.2, 0.25) is 5.16 Å². The second-order valence-electron chi connectivity index (χ2n) is 4.73. The van der Waals surface area contributed by atoms with Gasteiger partial charge in [0, 0.05) is 5.92 Å². The molecule has 2 rings (SSSR count). The molecular weight excluding hydrogens is 250 g/mol. The van der Waals surface area contributed by atoms with Crippen molar-refractivity contribution < 1.29 is 9.90 Å². The molecule has 0 bridgehead atoms. The monoisotopic (exact) mass is 269 g/mol. The lowest BCUT2D eigenvalue weighted by Gasteiger charge is -2.16. The van der Waals surface area contributed by atoms with Gasteiger partial charge in [0.05, 0.1) is 5.75 Å². The third-order valence-electron chi connectivity index (χ3n) is 3.30. The lowest BCUT2D eigenvalue weighted by Crippen LogP contribution is -2.04. The standard InChI is InChI=1S/C12H19N3O2S/c16-10(17)8-18-12-13-11(14-15-12)9-6-4-2-1-3-5-7-9/h9H,1-8H2,(H,16,17)(H,13,14,15). The number of thioether (sulfide) groups is 1. The van der Waals surface area contributed by atoms with Crippen molar-refractivity contribution in [1.29, 1.82) is 0 Å². The first kappa shape index (κ1) is 13.4. The van der Waals surface area contributed by atoms with Crippen LogP contribution in [0.2, 0.25) is 0 Å². The zero-order valence-corrected chi connectivity index (χ0v) is 11.2. The molecule has 1 saturated carbocycles. The Kier molecular flexibility index (Phi) is 5.04. The van der Waals surface area contributed by atoms with E-state index in [1.54, 1.807) is 0 Å². The number of aromatic amines is 1. The highest BCUT2D eigenvalue weighted by Gasteiger charge is 2.17. The molecule has 0 amide bonds. The third kappa shape index (κ3) is 4.01. The number of H-pyrrole nitrogens is 1. The number of aromatic nitrogens is 3. The largest absolute Gasteiger partial charge is 0.481 e. The van der Waals surface area contributed by atoms with Crippen LogP contribution in [0.25, 0.3) is 0 Å². The summed E-state index contributed by atoms with van der Waals surface area (Å²) in [6, 6.07) is 0. The number of rotatable bonds is 4. The maximum atomic E-state index is 10.5. The maximum Gasteiger partial charge on any atom is 0.313 e. The van der Waals surface area contributed by atoms with Crippen molar-refractivity contribution >= 4 is 17.7 Å². The van der Waals surface area contributed by atoms with Crippen molar-refractivity contribution in [3.8, 4) is 0 Å². The van der Waals surface area contributed by atoms with Crippen LogP contribution in [0.1, 0.15) is 56.7 Å². The first-order chi connectivity index (χ1) is 8.75. The van der Waals surface area contributed by atoms with Gasteiger partial charge in [0.15, 0.2) is 0 Å². The minimum atomic E-state index is -0.836. The summed E-state index contributed by atoms with van der Waals surface area (Å²) in [5.41, 5.74) is 0. The van der Waals surface area contributed by atoms with Gasteiger partial charge in [0.1, 0.15) is 5.82 Å². The minimum Gasteiger partial charge on any atom is -0.481 e. The van der Waals surface area contributed by atoms with Gasteiger partial charge in [-0.3, -0.25) is 9.89 Å². The smallest absolute Gasteiger partial charge is 0.313 e. The zero-order valence-electron chi connectivity index (χ0n) is 10.4. The fraction of sp³-hybridized carbons (Fsp3) is 0.750. The van der Waals surface area contributed by atoms with E-state index in [4.69, 9.17) is 5.11 Å². The Morgan fingerprint density at radius 3 is 2.61 bits per heavy atom. The van der Waals surface area contributed by atoms with E-state index in [2.05, 4.69) is 15.2 Å². The number of hydrogen-bond acceptors (Lipinski definition) is 4. The van der Waals surface area contributed by atoms with Crippen LogP contribution in [0, 0.1) is 0 Å². The number of aliphatic carboxylic acids is 1. The molecule has 0 saturated heterocycles. The van der Waals surface area contributed by atoms with E-state index in [-0.39, 0.29) is 5.75 Å². The summed E-state index contributed by atoms with van der Waals surface area (Å²) in [7, 11) is 0. The average molecular weight is 269 g/mol. The van der Waals surface area contributed by atoms with Crippen LogP contribution < -0.4 is 0 Å². The van der Waals surface area contributed by atoms with Gasteiger partial charge in [0.25, 0.3) is 0 Å². The van der Waals surface area contributed by atoms with E-state index < -0.39 is 5.97 Å². The summed E-state index contributed by atoms with van der Waals surface area (Å²) in [5, 5.41) is 16.2. The van der Waals surface area contributed by atoms with Crippen LogP contribution in [0.15, 0.2) is 5.16 Å². The first-order valence-electron chi connectivity index (χ1n) is 6.52. The molecule has 1 aromatic rings. The van der Waals surface area contributed by atoms with E-state index >= 15 is 0 Å². The molecule has 2 N–H and O–H groups in total. The van der Waals surface area contributed by atoms with Crippen molar-refractivity contribution in [2.24, 2.45) is 0 Å². The fourth-order valence-electron chi connectivity index (χ4n) is 2.36. The molecule has 18 heavy (non-hydrogen) atoms. The number of nitrogens with one attached hydrogen (secondary N) is 1. The van der Waals surface area contributed by atoms with Crippen LogP contribution in [0.5, 0.6) is 0 Å². The molecule has 1 aliphatic rings. The van der Waals surface area contributed by atoms with Crippen LogP contribution in [0.4, 0.5) is 0 Å². The highest BCUT2D eigenvalue weighted by Crippen LogP contribution is 2.29. The van der Waals surface area contributed by atoms with Gasteiger partial charge in [-0.25, -0.2) is 4.98 Å². The molecule has 0 unspecified atom stereocenters. The summed E-state index contributed by atoms with van der Waals surface area (Å²) >= 11 is 1.17. The predicted octanol–water partition coefficient (Wildman–Crippen LogP) is 2.81. The van der Waals surface area contributed by atoms with Gasteiger partial charge >= 0.3 is 5.97 Å². The van der Waals surface area contributed by atoms with Crippen molar-refractivity contribution in [1.82, 2.24) is 15.2 Å². The van der Waals surface area contributed by atoms with E-state index in [1.807, 2.05) is 0 Å². The number of nitrogens with zero attached hydrogens (tertiary/aromatic N) is 2. The Morgan fingerprint density at radius 2 is 1.94 bits per heavy atom. The quantitative estimate of drug-likeness (QED) is 0.822. The summed E-state index contributed by atoms with van der Waals surface area (Å²) in [6.07, 6.45) is 8.81. The number of hydrogen-bond donors (Lipinski definition) is 2. The summed E-state index contributed by atoms with van der Waals surface area (Å²) in [6.45, 7) is 0. The minimum absolute atomic E-state index is 0.0158. The normalized spacial score (nSPS) is 18.2. The second kappa shape index (κ2) is 6.78. The van der Waals surface area contributed by atoms with Crippen LogP contribution in [-0.2, 0) is 4.79 Å². The molecule has 0 aliphatic heterocycles. The molecule has 0 aromatic carbocycles. The van der Waals surface area contributed by atoms with Gasteiger partial charge < -0.3 is 5.11 Å². The molecule has 1 aromatic heterocycles. The van der Waals surface area contributed by atoms with E-state index in [9.17, 15) is 4.79 Å². The lowest BCUT2D eigenvalue weighted by molar-refractivity contribution is -0.133. The van der Waals surface area contributed by atoms with Crippen molar-refractivity contribution in [2.45, 2.75) is 56.0 Å². The SMILES string of the molecule is O=C(O)CSc1n[nH]c(C2CCCCCCC2)n1. The van der Waals surface area contributed by atoms with Gasteiger partial charge in [-0.15, -0.1) is 5.10 Å². The van der Waals surface area contributed by atoms with E-state index in [0.717, 1.165) is 18.7 Å². The molecule has 5 nitrogen and oxygen atoms in total. The number of carboxylic acids is 1. The van der Waals surface area contributed by atoms with Crippen LogP contribution in [-0.4, -0.2) is 32.0 Å². The Labute approximate surface area is 111 Å². The molecule has 0 spiro atoms. The molecule has 0 atom stereocenters. The molecule has 100 valence electrons. The zero-order chi connectivity index (χ0) is 12.8. The molecule has 0 radical (unpaired) electrons. The summed E-state index contributed by atoms with van der Waals surface area (Å²) < 4.78 is 0. The van der Waals surface area contributed by atoms with E-state index in [1.165, 1.54) is 43.9 Å². The Balaban J connectivity index is 1.92. The van der Waals surface area contributed by atoms with Crippen LogP contribution >= 0.6 is 11.8 Å². The summed E-state index contributed by atoms with van der Waals surface area (Å²) in [4.78, 5) is 14.9. The number of carboxylic acid groups (broad SMARTS) is 1. The lowest BCUT2D eigenvalue weighted by atomic mass is 9.91. The summed E-state index contributed by atoms with van der Waals surface area (Å²) in [5.74, 6) is 0.584. The predicted molar refractivity (Wildman–Crippen MR) is 69.8 cm³/mol. The van der Waals surface area contributed by atoms with Gasteiger partial charge in [-0.1, -0.05) is 43.9 Å². The molecule has 6 heteroatoms. The second-order valence-corrected chi connectivity index (χ2v) is 5.67. The van der Waals surface area contributed by atoms with Crippen LogP contribution in [0.3, 0.4) is 0 Å². The van der Waals surface area contributed by atoms with Gasteiger partial charge in [-0.2, -0.15) is 0 Å². The molecule has 1 aliphatic carbocycles. The molecule has 1 fully saturated rings. The first-order valence-corrected chi connectivity index (χ1v) is 7.51. The van der Waals surface area contributed by atoms with E-state index in [0.29, 0.717) is 11.1 Å². The Bertz CT molecular complexity index is 386. The topological polar surface area (TPSA) is 78.9 Å². The van der Waals surface area contributed by atoms with Crippen molar-refractivity contribution in [3.05, 3.63) is 5.82 Å². The molecule has 1 heterocycles. The third-order valence-corrected chi connectivity index (χ3v) is 4.13. The highest BCUT2D eigenvalue weighted by atomic mass is 32.2. The molecular formula is C12H19N3O2S. The van der Waals surface area contributed by atoms with Crippen molar-refractivity contribution in [3.63, 3.8) is 0 Å². The fourth-order valence-corrected chi connectivity index (χ4v) is 2.89. The van der Waals surface area contributed by atoms with Gasteiger partial charge in [-0.05, 0) is 12.8 Å².